The minimum atomic E-state index is 0.395. The third kappa shape index (κ3) is 1.83. The van der Waals surface area contributed by atoms with Gasteiger partial charge in [-0.1, -0.05) is 6.07 Å². The van der Waals surface area contributed by atoms with E-state index in [4.69, 9.17) is 5.73 Å². The fourth-order valence-electron chi connectivity index (χ4n) is 2.80. The summed E-state index contributed by atoms with van der Waals surface area (Å²) in [4.78, 5) is 7.40. The van der Waals surface area contributed by atoms with Gasteiger partial charge in [0.25, 0.3) is 0 Å². The van der Waals surface area contributed by atoms with Crippen LogP contribution >= 0.6 is 0 Å². The molecule has 1 fully saturated rings. The predicted octanol–water partition coefficient (Wildman–Crippen LogP) is 1.56. The summed E-state index contributed by atoms with van der Waals surface area (Å²) in [5, 5.41) is 3.41. The zero-order chi connectivity index (χ0) is 11.8. The van der Waals surface area contributed by atoms with Gasteiger partial charge in [0.2, 0.25) is 0 Å². The molecule has 1 unspecified atom stereocenters. The summed E-state index contributed by atoms with van der Waals surface area (Å²) in [5.41, 5.74) is 9.32. The van der Waals surface area contributed by atoms with E-state index in [9.17, 15) is 0 Å². The molecule has 0 radical (unpaired) electrons. The summed E-state index contributed by atoms with van der Waals surface area (Å²) >= 11 is 0. The number of fused-ring (bicyclic) bond motifs is 1. The van der Waals surface area contributed by atoms with Gasteiger partial charge >= 0.3 is 0 Å². The smallest absolute Gasteiger partial charge is 0.0931 e. The van der Waals surface area contributed by atoms with Crippen LogP contribution in [0.2, 0.25) is 0 Å². The van der Waals surface area contributed by atoms with Gasteiger partial charge < -0.3 is 16.0 Å². The van der Waals surface area contributed by atoms with Crippen molar-refractivity contribution in [2.24, 2.45) is 11.7 Å². The van der Waals surface area contributed by atoms with Crippen LogP contribution in [0.1, 0.15) is 24.4 Å². The van der Waals surface area contributed by atoms with Gasteiger partial charge in [-0.15, -0.1) is 0 Å². The van der Waals surface area contributed by atoms with E-state index in [0.717, 1.165) is 23.9 Å². The SMILES string of the molecule is CNC(c1ccc2nc[nH]c2c1)C1CC(N)C1. The number of nitrogens with two attached hydrogens (primary N) is 1. The van der Waals surface area contributed by atoms with E-state index in [1.54, 1.807) is 6.33 Å². The van der Waals surface area contributed by atoms with Crippen molar-refractivity contribution in [1.29, 1.82) is 0 Å². The number of aromatic amines is 1. The average Bonchev–Trinajstić information content (AvgIpc) is 2.75. The van der Waals surface area contributed by atoms with Gasteiger partial charge in [-0.2, -0.15) is 0 Å². The first kappa shape index (κ1) is 10.7. The molecule has 0 spiro atoms. The summed E-state index contributed by atoms with van der Waals surface area (Å²) in [6, 6.07) is 7.22. The molecule has 1 aromatic carbocycles. The Kier molecular flexibility index (Phi) is 2.61. The van der Waals surface area contributed by atoms with Crippen LogP contribution in [-0.2, 0) is 0 Å². The molecule has 1 heterocycles. The number of hydrogen-bond acceptors (Lipinski definition) is 3. The van der Waals surface area contributed by atoms with Crippen molar-refractivity contribution in [2.45, 2.75) is 24.9 Å². The standard InChI is InChI=1S/C13H18N4/c1-15-13(9-4-10(14)5-9)8-2-3-11-12(6-8)17-7-16-11/h2-3,6-7,9-10,13,15H,4-5,14H2,1H3,(H,16,17). The third-order valence-corrected chi connectivity index (χ3v) is 3.80. The molecule has 0 bridgehead atoms. The fraction of sp³-hybridized carbons (Fsp3) is 0.462. The number of nitrogens with zero attached hydrogens (tertiary/aromatic N) is 1. The number of imidazole rings is 1. The molecule has 2 aromatic rings. The number of benzene rings is 1. The average molecular weight is 230 g/mol. The van der Waals surface area contributed by atoms with Crippen molar-refractivity contribution in [3.8, 4) is 0 Å². The van der Waals surface area contributed by atoms with Gasteiger partial charge in [0.05, 0.1) is 17.4 Å². The Bertz CT molecular complexity index is 513. The largest absolute Gasteiger partial charge is 0.345 e. The van der Waals surface area contributed by atoms with E-state index < -0.39 is 0 Å². The number of H-pyrrole nitrogens is 1. The van der Waals surface area contributed by atoms with Gasteiger partial charge in [-0.3, -0.25) is 0 Å². The lowest BCUT2D eigenvalue weighted by Crippen LogP contribution is -2.42. The second-order valence-electron chi connectivity index (χ2n) is 4.94. The third-order valence-electron chi connectivity index (χ3n) is 3.80. The molecule has 1 aromatic heterocycles. The van der Waals surface area contributed by atoms with Gasteiger partial charge in [0, 0.05) is 12.1 Å². The highest BCUT2D eigenvalue weighted by atomic mass is 14.9. The molecular formula is C13H18N4. The fourth-order valence-corrected chi connectivity index (χ4v) is 2.80. The molecule has 1 atom stereocenters. The maximum atomic E-state index is 5.87. The van der Waals surface area contributed by atoms with Crippen molar-refractivity contribution in [3.05, 3.63) is 30.1 Å². The van der Waals surface area contributed by atoms with Crippen molar-refractivity contribution >= 4 is 11.0 Å². The monoisotopic (exact) mass is 230 g/mol. The van der Waals surface area contributed by atoms with Crippen LogP contribution in [0, 0.1) is 5.92 Å². The van der Waals surface area contributed by atoms with Crippen LogP contribution in [0.3, 0.4) is 0 Å². The van der Waals surface area contributed by atoms with Crippen molar-refractivity contribution < 1.29 is 0 Å². The highest BCUT2D eigenvalue weighted by Crippen LogP contribution is 2.37. The minimum Gasteiger partial charge on any atom is -0.345 e. The number of nitrogens with one attached hydrogen (secondary N) is 2. The van der Waals surface area contributed by atoms with Crippen LogP contribution in [-0.4, -0.2) is 23.1 Å². The van der Waals surface area contributed by atoms with Gasteiger partial charge in [-0.25, -0.2) is 4.98 Å². The highest BCUT2D eigenvalue weighted by Gasteiger charge is 2.32. The number of hydrogen-bond donors (Lipinski definition) is 3. The van der Waals surface area contributed by atoms with Crippen LogP contribution in [0.25, 0.3) is 11.0 Å². The molecule has 3 rings (SSSR count). The summed E-state index contributed by atoms with van der Waals surface area (Å²) in [7, 11) is 2.02. The first-order valence-corrected chi connectivity index (χ1v) is 6.14. The molecule has 1 aliphatic carbocycles. The van der Waals surface area contributed by atoms with Crippen LogP contribution in [0.15, 0.2) is 24.5 Å². The molecule has 4 heteroatoms. The first-order chi connectivity index (χ1) is 8.28. The van der Waals surface area contributed by atoms with E-state index in [1.807, 2.05) is 7.05 Å². The first-order valence-electron chi connectivity index (χ1n) is 6.14. The molecule has 1 aliphatic rings. The lowest BCUT2D eigenvalue weighted by atomic mass is 9.74. The maximum absolute atomic E-state index is 5.87. The Morgan fingerprint density at radius 3 is 3.00 bits per heavy atom. The normalized spacial score (nSPS) is 25.8. The quantitative estimate of drug-likeness (QED) is 0.749. The maximum Gasteiger partial charge on any atom is 0.0931 e. The lowest BCUT2D eigenvalue weighted by molar-refractivity contribution is 0.204. The van der Waals surface area contributed by atoms with E-state index in [2.05, 4.69) is 33.5 Å². The van der Waals surface area contributed by atoms with Crippen molar-refractivity contribution in [1.82, 2.24) is 15.3 Å². The minimum absolute atomic E-state index is 0.395. The Balaban J connectivity index is 1.89. The molecule has 0 saturated heterocycles. The van der Waals surface area contributed by atoms with Crippen LogP contribution < -0.4 is 11.1 Å². The molecule has 4 N–H and O–H groups in total. The van der Waals surface area contributed by atoms with E-state index >= 15 is 0 Å². The van der Waals surface area contributed by atoms with E-state index in [0.29, 0.717) is 18.0 Å². The topological polar surface area (TPSA) is 66.7 Å². The van der Waals surface area contributed by atoms with Gasteiger partial charge in [0.15, 0.2) is 0 Å². The Morgan fingerprint density at radius 1 is 1.47 bits per heavy atom. The molecule has 0 aliphatic heterocycles. The molecular weight excluding hydrogens is 212 g/mol. The summed E-state index contributed by atoms with van der Waals surface area (Å²) in [5.74, 6) is 0.662. The van der Waals surface area contributed by atoms with E-state index in [-0.39, 0.29) is 0 Å². The molecule has 0 amide bonds. The number of aromatic nitrogens is 2. The second-order valence-corrected chi connectivity index (χ2v) is 4.94. The summed E-state index contributed by atoms with van der Waals surface area (Å²) in [6.45, 7) is 0. The highest BCUT2D eigenvalue weighted by molar-refractivity contribution is 5.75. The summed E-state index contributed by atoms with van der Waals surface area (Å²) in [6.07, 6.45) is 3.97. The van der Waals surface area contributed by atoms with Crippen LogP contribution in [0.5, 0.6) is 0 Å². The molecule has 90 valence electrons. The Labute approximate surface area is 101 Å². The van der Waals surface area contributed by atoms with Crippen molar-refractivity contribution in [2.75, 3.05) is 7.05 Å². The summed E-state index contributed by atoms with van der Waals surface area (Å²) < 4.78 is 0. The zero-order valence-electron chi connectivity index (χ0n) is 9.98. The van der Waals surface area contributed by atoms with Gasteiger partial charge in [0.1, 0.15) is 0 Å². The predicted molar refractivity (Wildman–Crippen MR) is 68.6 cm³/mol. The van der Waals surface area contributed by atoms with E-state index in [1.165, 1.54) is 5.56 Å². The van der Waals surface area contributed by atoms with Crippen LogP contribution in [0.4, 0.5) is 0 Å². The second kappa shape index (κ2) is 4.13. The van der Waals surface area contributed by atoms with Crippen molar-refractivity contribution in [3.63, 3.8) is 0 Å². The molecule has 17 heavy (non-hydrogen) atoms. The Hall–Kier alpha value is -1.39. The molecule has 4 nitrogen and oxygen atoms in total. The zero-order valence-corrected chi connectivity index (χ0v) is 9.98. The lowest BCUT2D eigenvalue weighted by Gasteiger charge is -2.38. The Morgan fingerprint density at radius 2 is 2.29 bits per heavy atom. The van der Waals surface area contributed by atoms with Gasteiger partial charge in [-0.05, 0) is 43.5 Å². The molecule has 1 saturated carbocycles. The number of rotatable bonds is 3.